The summed E-state index contributed by atoms with van der Waals surface area (Å²) in [5, 5.41) is 3.56. The molecule has 4 rings (SSSR count). The van der Waals surface area contributed by atoms with Crippen molar-refractivity contribution in [1.29, 1.82) is 0 Å². The monoisotopic (exact) mass is 282 g/mol. The van der Waals surface area contributed by atoms with Crippen LogP contribution in [0.5, 0.6) is 5.75 Å². The van der Waals surface area contributed by atoms with Gasteiger partial charge < -0.3 is 15.9 Å². The van der Waals surface area contributed by atoms with Crippen LogP contribution in [0.2, 0.25) is 0 Å². The van der Waals surface area contributed by atoms with Gasteiger partial charge in [-0.05, 0) is 36.2 Å². The molecule has 4 nitrogen and oxygen atoms in total. The van der Waals surface area contributed by atoms with E-state index >= 15 is 0 Å². The zero-order valence-corrected chi connectivity index (χ0v) is 11.9. The van der Waals surface area contributed by atoms with Crippen LogP contribution in [0.15, 0.2) is 42.5 Å². The van der Waals surface area contributed by atoms with Crippen molar-refractivity contribution in [1.82, 2.24) is 0 Å². The summed E-state index contributed by atoms with van der Waals surface area (Å²) in [6.07, 6.45) is 0. The fraction of sp³-hybridized carbons (Fsp3) is 0.294. The largest absolute Gasteiger partial charge is 0.382 e. The molecule has 108 valence electrons. The maximum Gasteiger partial charge on any atom is 0.171 e. The third kappa shape index (κ3) is 1.99. The Hall–Kier alpha value is -2.04. The normalized spacial score (nSPS) is 26.5. The minimum Gasteiger partial charge on any atom is -0.382 e. The Balaban J connectivity index is 1.75. The molecule has 2 aromatic rings. The number of hydrogen-bond donors (Lipinski definition) is 2. The van der Waals surface area contributed by atoms with E-state index in [9.17, 15) is 0 Å². The van der Waals surface area contributed by atoms with Gasteiger partial charge in [0.15, 0.2) is 5.75 Å². The van der Waals surface area contributed by atoms with Gasteiger partial charge in [-0.25, -0.2) is 0 Å². The van der Waals surface area contributed by atoms with Crippen LogP contribution >= 0.6 is 0 Å². The average molecular weight is 282 g/mol. The van der Waals surface area contributed by atoms with Crippen molar-refractivity contribution in [3.8, 4) is 5.75 Å². The average Bonchev–Trinajstić information content (AvgIpc) is 2.95. The Morgan fingerprint density at radius 1 is 1.19 bits per heavy atom. The van der Waals surface area contributed by atoms with Crippen LogP contribution in [0.4, 0.5) is 5.69 Å². The van der Waals surface area contributed by atoms with Crippen molar-refractivity contribution in [2.45, 2.75) is 31.5 Å². The van der Waals surface area contributed by atoms with Gasteiger partial charge >= 0.3 is 0 Å². The lowest BCUT2D eigenvalue weighted by Gasteiger charge is -2.37. The van der Waals surface area contributed by atoms with E-state index in [1.54, 1.807) is 0 Å². The molecule has 3 N–H and O–H groups in total. The van der Waals surface area contributed by atoms with Crippen LogP contribution in [0.25, 0.3) is 0 Å². The molecule has 21 heavy (non-hydrogen) atoms. The van der Waals surface area contributed by atoms with Gasteiger partial charge in [-0.2, -0.15) is 4.89 Å². The molecule has 4 heteroatoms. The van der Waals surface area contributed by atoms with Gasteiger partial charge in [0.2, 0.25) is 0 Å². The molecular weight excluding hydrogens is 264 g/mol. The summed E-state index contributed by atoms with van der Waals surface area (Å²) in [7, 11) is 0. The second kappa shape index (κ2) is 4.76. The number of nitrogens with one attached hydrogen (secondary N) is 1. The van der Waals surface area contributed by atoms with Gasteiger partial charge in [0, 0.05) is 29.3 Å². The predicted octanol–water partition coefficient (Wildman–Crippen LogP) is 3.11. The summed E-state index contributed by atoms with van der Waals surface area (Å²) >= 11 is 0. The van der Waals surface area contributed by atoms with Crippen LogP contribution < -0.4 is 15.9 Å². The molecule has 0 fully saturated rings. The first-order valence-corrected chi connectivity index (χ1v) is 7.27. The molecule has 3 atom stereocenters. The Labute approximate surface area is 123 Å². The second-order valence-electron chi connectivity index (χ2n) is 5.78. The van der Waals surface area contributed by atoms with Crippen molar-refractivity contribution in [2.75, 3.05) is 5.32 Å². The van der Waals surface area contributed by atoms with Crippen molar-refractivity contribution in [3.05, 3.63) is 59.2 Å². The second-order valence-corrected chi connectivity index (χ2v) is 5.78. The molecule has 0 saturated carbocycles. The number of fused-ring (bicyclic) bond motifs is 2. The fourth-order valence-corrected chi connectivity index (χ4v) is 3.41. The van der Waals surface area contributed by atoms with E-state index < -0.39 is 0 Å². The molecule has 0 saturated heterocycles. The number of rotatable bonds is 1. The lowest BCUT2D eigenvalue weighted by molar-refractivity contribution is -0.194. The lowest BCUT2D eigenvalue weighted by atomic mass is 9.79. The van der Waals surface area contributed by atoms with Gasteiger partial charge in [0.1, 0.15) is 6.61 Å². The topological polar surface area (TPSA) is 56.5 Å². The summed E-state index contributed by atoms with van der Waals surface area (Å²) in [6.45, 7) is 2.68. The third-order valence-electron chi connectivity index (χ3n) is 4.46. The minimum absolute atomic E-state index is 0.0151. The van der Waals surface area contributed by atoms with Crippen LogP contribution in [-0.2, 0) is 11.5 Å². The molecule has 0 aromatic heterocycles. The standard InChI is InChI=1S/C17H18N2O2/c1-10-16(11-6-7-15-12(8-11)9-20-21-15)17(18)13-4-2-3-5-14(13)19-10/h2-8,10,16-17,19H,9,18H2,1H3. The summed E-state index contributed by atoms with van der Waals surface area (Å²) in [6, 6.07) is 14.7. The molecule has 2 aromatic carbocycles. The predicted molar refractivity (Wildman–Crippen MR) is 81.1 cm³/mol. The molecule has 2 heterocycles. The molecule has 2 aliphatic rings. The Morgan fingerprint density at radius 3 is 2.95 bits per heavy atom. The highest BCUT2D eigenvalue weighted by molar-refractivity contribution is 5.58. The summed E-state index contributed by atoms with van der Waals surface area (Å²) in [4.78, 5) is 10.1. The summed E-state index contributed by atoms with van der Waals surface area (Å²) in [5.41, 5.74) is 11.2. The number of anilines is 1. The fourth-order valence-electron chi connectivity index (χ4n) is 3.41. The minimum atomic E-state index is -0.0151. The van der Waals surface area contributed by atoms with E-state index in [2.05, 4.69) is 36.5 Å². The van der Waals surface area contributed by atoms with Crippen molar-refractivity contribution in [3.63, 3.8) is 0 Å². The first-order chi connectivity index (χ1) is 10.2. The molecule has 0 spiro atoms. The Kier molecular flexibility index (Phi) is 2.87. The van der Waals surface area contributed by atoms with Gasteiger partial charge in [-0.1, -0.05) is 24.3 Å². The van der Waals surface area contributed by atoms with Gasteiger partial charge in [-0.3, -0.25) is 0 Å². The summed E-state index contributed by atoms with van der Waals surface area (Å²) < 4.78 is 0. The first-order valence-electron chi connectivity index (χ1n) is 7.27. The van der Waals surface area contributed by atoms with E-state index in [0.717, 1.165) is 17.0 Å². The molecule has 0 amide bonds. The number of benzene rings is 2. The van der Waals surface area contributed by atoms with Crippen molar-refractivity contribution >= 4 is 5.69 Å². The van der Waals surface area contributed by atoms with Gasteiger partial charge in [0.25, 0.3) is 0 Å². The molecule has 3 unspecified atom stereocenters. The summed E-state index contributed by atoms with van der Waals surface area (Å²) in [5.74, 6) is 1.04. The smallest absolute Gasteiger partial charge is 0.171 e. The van der Waals surface area contributed by atoms with Gasteiger partial charge in [0.05, 0.1) is 0 Å². The van der Waals surface area contributed by atoms with Crippen LogP contribution in [-0.4, -0.2) is 6.04 Å². The highest BCUT2D eigenvalue weighted by Gasteiger charge is 2.33. The van der Waals surface area contributed by atoms with E-state index in [1.807, 2.05) is 18.2 Å². The molecule has 0 aliphatic carbocycles. The van der Waals surface area contributed by atoms with E-state index in [4.69, 9.17) is 15.5 Å². The Morgan fingerprint density at radius 2 is 2.05 bits per heavy atom. The van der Waals surface area contributed by atoms with Gasteiger partial charge in [-0.15, -0.1) is 0 Å². The van der Waals surface area contributed by atoms with E-state index in [0.29, 0.717) is 6.61 Å². The van der Waals surface area contributed by atoms with Crippen LogP contribution in [0, 0.1) is 0 Å². The van der Waals surface area contributed by atoms with Crippen molar-refractivity contribution < 1.29 is 9.78 Å². The zero-order chi connectivity index (χ0) is 14.4. The number of para-hydroxylation sites is 1. The van der Waals surface area contributed by atoms with E-state index in [1.165, 1.54) is 11.1 Å². The molecule has 2 aliphatic heterocycles. The Bertz CT molecular complexity index is 686. The highest BCUT2D eigenvalue weighted by Crippen LogP contribution is 2.42. The van der Waals surface area contributed by atoms with E-state index in [-0.39, 0.29) is 18.0 Å². The third-order valence-corrected chi connectivity index (χ3v) is 4.46. The van der Waals surface area contributed by atoms with Crippen molar-refractivity contribution in [2.24, 2.45) is 5.73 Å². The molecule has 0 radical (unpaired) electrons. The highest BCUT2D eigenvalue weighted by atomic mass is 17.2. The van der Waals surface area contributed by atoms with Crippen LogP contribution in [0.1, 0.15) is 35.6 Å². The SMILES string of the molecule is CC1Nc2ccccc2C(N)C1c1ccc2c(c1)COO2. The lowest BCUT2D eigenvalue weighted by Crippen LogP contribution is -2.37. The maximum atomic E-state index is 6.56. The number of nitrogens with two attached hydrogens (primary N) is 1. The first kappa shape index (κ1) is 12.7. The number of hydrogen-bond acceptors (Lipinski definition) is 4. The molecular formula is C17H18N2O2. The molecule has 0 bridgehead atoms. The maximum absolute atomic E-state index is 6.56. The zero-order valence-electron chi connectivity index (χ0n) is 11.9. The van der Waals surface area contributed by atoms with Crippen LogP contribution in [0.3, 0.4) is 0 Å². The quantitative estimate of drug-likeness (QED) is 0.789.